The molecule has 3 amide bonds. The van der Waals surface area contributed by atoms with Crippen LogP contribution < -0.4 is 32.7 Å². The summed E-state index contributed by atoms with van der Waals surface area (Å²) in [6.07, 6.45) is 3.34. The Labute approximate surface area is 208 Å². The summed E-state index contributed by atoms with van der Waals surface area (Å²) in [7, 11) is 0. The average Bonchev–Trinajstić information content (AvgIpc) is 3.37. The summed E-state index contributed by atoms with van der Waals surface area (Å²) in [5.74, 6) is 1.02. The number of hydrogen-bond acceptors (Lipinski definition) is 7. The Morgan fingerprint density at radius 1 is 1.03 bits per heavy atom. The Morgan fingerprint density at radius 3 is 2.46 bits per heavy atom. The summed E-state index contributed by atoms with van der Waals surface area (Å²) in [6, 6.07) is 11.8. The average molecular weight is 494 g/mol. The molecule has 0 spiro atoms. The SMILES string of the molecule is Nc1ccc2c(NCCNC(=O)CCCC[C@@H]3SC[C@@H]4NC(=O)N[C@@H]43)c3ccc(N)cc3nc2c1. The van der Waals surface area contributed by atoms with Crippen LogP contribution in [0.25, 0.3) is 21.8 Å². The van der Waals surface area contributed by atoms with E-state index in [1.165, 1.54) is 0 Å². The number of benzene rings is 2. The van der Waals surface area contributed by atoms with Gasteiger partial charge < -0.3 is 32.7 Å². The number of unbranched alkanes of at least 4 members (excludes halogenated alkanes) is 1. The molecule has 35 heavy (non-hydrogen) atoms. The molecule has 184 valence electrons. The van der Waals surface area contributed by atoms with Gasteiger partial charge in [0.15, 0.2) is 0 Å². The normalized spacial score (nSPS) is 21.0. The first-order valence-corrected chi connectivity index (χ1v) is 13.1. The van der Waals surface area contributed by atoms with Crippen LogP contribution in [-0.4, -0.2) is 53.1 Å². The minimum Gasteiger partial charge on any atom is -0.399 e. The zero-order valence-electron chi connectivity index (χ0n) is 19.5. The highest BCUT2D eigenvalue weighted by molar-refractivity contribution is 8.00. The lowest BCUT2D eigenvalue weighted by atomic mass is 10.0. The van der Waals surface area contributed by atoms with Crippen LogP contribution in [0.4, 0.5) is 21.9 Å². The van der Waals surface area contributed by atoms with Gasteiger partial charge in [-0.1, -0.05) is 6.42 Å². The maximum absolute atomic E-state index is 12.3. The second-order valence-corrected chi connectivity index (χ2v) is 10.5. The number of nitrogen functional groups attached to an aromatic ring is 2. The number of pyridine rings is 1. The number of nitrogens with one attached hydrogen (secondary N) is 4. The number of aromatic nitrogens is 1. The number of carbonyl (C=O) groups excluding carboxylic acids is 2. The molecule has 2 aliphatic rings. The van der Waals surface area contributed by atoms with Gasteiger partial charge in [0.25, 0.3) is 0 Å². The quantitative estimate of drug-likeness (QED) is 0.116. The van der Waals surface area contributed by atoms with Crippen molar-refractivity contribution in [3.8, 4) is 0 Å². The summed E-state index contributed by atoms with van der Waals surface area (Å²) in [4.78, 5) is 28.5. The minimum absolute atomic E-state index is 0.0562. The van der Waals surface area contributed by atoms with Crippen LogP contribution in [0, 0.1) is 0 Å². The first kappa shape index (κ1) is 23.3. The summed E-state index contributed by atoms with van der Waals surface area (Å²) in [5.41, 5.74) is 15.8. The van der Waals surface area contributed by atoms with Crippen molar-refractivity contribution in [2.24, 2.45) is 0 Å². The lowest BCUT2D eigenvalue weighted by Crippen LogP contribution is -2.36. The van der Waals surface area contributed by atoms with Crippen LogP contribution in [-0.2, 0) is 4.79 Å². The Balaban J connectivity index is 1.10. The van der Waals surface area contributed by atoms with Gasteiger partial charge in [-0.3, -0.25) is 4.79 Å². The molecule has 0 bridgehead atoms. The molecule has 0 aliphatic carbocycles. The number of rotatable bonds is 9. The standard InChI is InChI=1S/C25H31N7O2S/c26-14-5-7-16-18(11-14)30-19-12-15(27)6-8-17(19)23(16)29-10-9-28-22(33)4-2-1-3-21-24-20(13-35-21)31-25(34)32-24/h5-8,11-12,20-21,24H,1-4,9-10,13,26-27H2,(H,28,33)(H,29,30)(H2,31,32,34)/t20-,21-,24-/m0/s1. The van der Waals surface area contributed by atoms with Crippen LogP contribution >= 0.6 is 11.8 Å². The Kier molecular flexibility index (Phi) is 6.72. The topological polar surface area (TPSA) is 147 Å². The smallest absolute Gasteiger partial charge is 0.315 e. The highest BCUT2D eigenvalue weighted by Gasteiger charge is 2.42. The van der Waals surface area contributed by atoms with Crippen LogP contribution in [0.15, 0.2) is 36.4 Å². The van der Waals surface area contributed by atoms with Gasteiger partial charge in [-0.2, -0.15) is 11.8 Å². The van der Waals surface area contributed by atoms with Gasteiger partial charge in [-0.15, -0.1) is 0 Å². The summed E-state index contributed by atoms with van der Waals surface area (Å²) >= 11 is 1.91. The van der Waals surface area contributed by atoms with Gasteiger partial charge in [0.05, 0.1) is 28.8 Å². The van der Waals surface area contributed by atoms with Crippen LogP contribution in [0.3, 0.4) is 0 Å². The molecule has 2 fully saturated rings. The fraction of sp³-hybridized carbons (Fsp3) is 0.400. The lowest BCUT2D eigenvalue weighted by Gasteiger charge is -2.16. The van der Waals surface area contributed by atoms with Gasteiger partial charge in [-0.25, -0.2) is 9.78 Å². The van der Waals surface area contributed by atoms with Gasteiger partial charge in [0.1, 0.15) is 0 Å². The first-order chi connectivity index (χ1) is 17.0. The number of nitrogens with zero attached hydrogens (tertiary/aromatic N) is 1. The molecule has 2 aromatic carbocycles. The molecule has 3 atom stereocenters. The minimum atomic E-state index is -0.0562. The number of hydrogen-bond donors (Lipinski definition) is 6. The predicted molar refractivity (Wildman–Crippen MR) is 144 cm³/mol. The van der Waals surface area contributed by atoms with E-state index in [9.17, 15) is 9.59 Å². The van der Waals surface area contributed by atoms with E-state index >= 15 is 0 Å². The molecule has 1 aromatic heterocycles. The van der Waals surface area contributed by atoms with E-state index in [0.29, 0.717) is 36.1 Å². The third-order valence-corrected chi connectivity index (χ3v) is 8.16. The zero-order chi connectivity index (χ0) is 24.4. The fourth-order valence-electron chi connectivity index (χ4n) is 4.92. The van der Waals surface area contributed by atoms with E-state index in [4.69, 9.17) is 16.5 Å². The third-order valence-electron chi connectivity index (χ3n) is 6.65. The molecule has 3 heterocycles. The highest BCUT2D eigenvalue weighted by atomic mass is 32.2. The van der Waals surface area contributed by atoms with E-state index in [1.54, 1.807) is 0 Å². The molecule has 0 radical (unpaired) electrons. The van der Waals surface area contributed by atoms with Gasteiger partial charge >= 0.3 is 6.03 Å². The summed E-state index contributed by atoms with van der Waals surface area (Å²) in [5, 5.41) is 14.8. The van der Waals surface area contributed by atoms with Crippen molar-refractivity contribution in [2.75, 3.05) is 35.6 Å². The van der Waals surface area contributed by atoms with Gasteiger partial charge in [-0.05, 0) is 49.2 Å². The van der Waals surface area contributed by atoms with Crippen molar-refractivity contribution in [3.05, 3.63) is 36.4 Å². The maximum Gasteiger partial charge on any atom is 0.315 e. The van der Waals surface area contributed by atoms with Crippen LogP contribution in [0.2, 0.25) is 0 Å². The van der Waals surface area contributed by atoms with Crippen molar-refractivity contribution >= 4 is 62.6 Å². The van der Waals surface area contributed by atoms with Crippen LogP contribution in [0.5, 0.6) is 0 Å². The molecule has 8 N–H and O–H groups in total. The monoisotopic (exact) mass is 493 g/mol. The van der Waals surface area contributed by atoms with Crippen molar-refractivity contribution in [3.63, 3.8) is 0 Å². The third kappa shape index (κ3) is 5.17. The molecule has 2 saturated heterocycles. The van der Waals surface area contributed by atoms with E-state index in [2.05, 4.69) is 21.3 Å². The number of thioether (sulfide) groups is 1. The van der Waals surface area contributed by atoms with E-state index in [1.807, 2.05) is 48.2 Å². The van der Waals surface area contributed by atoms with Gasteiger partial charge in [0, 0.05) is 52.7 Å². The number of fused-ring (bicyclic) bond motifs is 3. The van der Waals surface area contributed by atoms with Crippen molar-refractivity contribution in [2.45, 2.75) is 43.0 Å². The molecular formula is C25H31N7O2S. The largest absolute Gasteiger partial charge is 0.399 e. The number of amides is 3. The Morgan fingerprint density at radius 2 is 1.74 bits per heavy atom. The lowest BCUT2D eigenvalue weighted by molar-refractivity contribution is -0.121. The molecular weight excluding hydrogens is 462 g/mol. The molecule has 2 aliphatic heterocycles. The second kappa shape index (κ2) is 10.1. The van der Waals surface area contributed by atoms with E-state index in [0.717, 1.165) is 52.5 Å². The highest BCUT2D eigenvalue weighted by Crippen LogP contribution is 2.34. The van der Waals surface area contributed by atoms with Crippen LogP contribution in [0.1, 0.15) is 25.7 Å². The Bertz CT molecular complexity index is 1210. The van der Waals surface area contributed by atoms with Crippen molar-refractivity contribution < 1.29 is 9.59 Å². The fourth-order valence-corrected chi connectivity index (χ4v) is 6.47. The number of carbonyl (C=O) groups is 2. The number of nitrogens with two attached hydrogens (primary N) is 2. The summed E-state index contributed by atoms with van der Waals surface area (Å²) < 4.78 is 0. The van der Waals surface area contributed by atoms with Crippen molar-refractivity contribution in [1.29, 1.82) is 0 Å². The van der Waals surface area contributed by atoms with E-state index in [-0.39, 0.29) is 24.0 Å². The molecule has 0 saturated carbocycles. The van der Waals surface area contributed by atoms with Crippen molar-refractivity contribution in [1.82, 2.24) is 20.9 Å². The molecule has 9 nitrogen and oxygen atoms in total. The summed E-state index contributed by atoms with van der Waals surface area (Å²) in [6.45, 7) is 1.11. The molecule has 10 heteroatoms. The maximum atomic E-state index is 12.3. The zero-order valence-corrected chi connectivity index (χ0v) is 20.3. The predicted octanol–water partition coefficient (Wildman–Crippen LogP) is 2.81. The molecule has 5 rings (SSSR count). The van der Waals surface area contributed by atoms with E-state index < -0.39 is 0 Å². The number of urea groups is 1. The molecule has 0 unspecified atom stereocenters. The number of anilines is 3. The van der Waals surface area contributed by atoms with Gasteiger partial charge in [0.2, 0.25) is 5.91 Å². The molecule has 3 aromatic rings. The second-order valence-electron chi connectivity index (χ2n) is 9.18. The first-order valence-electron chi connectivity index (χ1n) is 12.1. The Hall–Kier alpha value is -3.40.